The summed E-state index contributed by atoms with van der Waals surface area (Å²) in [5, 5.41) is 9.67. The van der Waals surface area contributed by atoms with Crippen molar-refractivity contribution in [1.82, 2.24) is 9.88 Å². The molecule has 2 aromatic rings. The smallest absolute Gasteiger partial charge is 0.407 e. The van der Waals surface area contributed by atoms with Crippen molar-refractivity contribution < 1.29 is 14.6 Å². The average molecular weight is 410 g/mol. The number of piperidine rings is 1. The van der Waals surface area contributed by atoms with Gasteiger partial charge in [-0.1, -0.05) is 30.3 Å². The quantitative estimate of drug-likeness (QED) is 0.739. The highest BCUT2D eigenvalue weighted by Crippen LogP contribution is 2.51. The number of rotatable bonds is 6. The van der Waals surface area contributed by atoms with Gasteiger partial charge >= 0.3 is 6.09 Å². The molecule has 5 atom stereocenters. The van der Waals surface area contributed by atoms with Gasteiger partial charge in [0.25, 0.3) is 0 Å². The number of anilines is 1. The first-order valence-electron chi connectivity index (χ1n) is 10.8. The van der Waals surface area contributed by atoms with Crippen LogP contribution in [0.1, 0.15) is 37.3 Å². The molecule has 3 unspecified atom stereocenters. The molecular formula is C24H31N3O3. The lowest BCUT2D eigenvalue weighted by Crippen LogP contribution is -2.47. The Morgan fingerprint density at radius 2 is 2.10 bits per heavy atom. The summed E-state index contributed by atoms with van der Waals surface area (Å²) in [6.45, 7) is 4.70. The first kappa shape index (κ1) is 20.5. The number of pyridine rings is 1. The molecule has 160 valence electrons. The number of hydrogen-bond donors (Lipinski definition) is 2. The first-order valence-corrected chi connectivity index (χ1v) is 10.8. The Morgan fingerprint density at radius 1 is 1.33 bits per heavy atom. The van der Waals surface area contributed by atoms with E-state index < -0.39 is 6.09 Å². The maximum absolute atomic E-state index is 11.8. The van der Waals surface area contributed by atoms with Crippen LogP contribution >= 0.6 is 0 Å². The van der Waals surface area contributed by atoms with Gasteiger partial charge in [-0.3, -0.25) is 0 Å². The molecule has 1 aliphatic carbocycles. The Labute approximate surface area is 178 Å². The standard InChI is InChI=1S/C24H31N3O3/c1-15-10-19(25)14-26-23(15)30-16(2)21-13-22(21)18-8-9-27(24(28)29)20(12-18)11-17-6-4-3-5-7-17/h3-7,10,14,16,18,20-22H,8-9,11-13,25H2,1-2H3,(H,28,29)/t16?,18?,20?,21-,22-/m1/s1. The van der Waals surface area contributed by atoms with Crippen LogP contribution in [0.2, 0.25) is 0 Å². The van der Waals surface area contributed by atoms with Gasteiger partial charge in [0.15, 0.2) is 0 Å². The van der Waals surface area contributed by atoms with Crippen molar-refractivity contribution in [2.24, 2.45) is 17.8 Å². The molecule has 6 nitrogen and oxygen atoms in total. The van der Waals surface area contributed by atoms with Crippen molar-refractivity contribution in [2.45, 2.75) is 51.7 Å². The lowest BCUT2D eigenvalue weighted by Gasteiger charge is -2.38. The predicted molar refractivity (Wildman–Crippen MR) is 116 cm³/mol. The minimum Gasteiger partial charge on any atom is -0.474 e. The SMILES string of the molecule is Cc1cc(N)cnc1OC(C)[C@H]1C[C@@H]1C1CCN(C(=O)O)C(Cc2ccccc2)C1. The molecular weight excluding hydrogens is 378 g/mol. The number of ether oxygens (including phenoxy) is 1. The molecule has 6 heteroatoms. The van der Waals surface area contributed by atoms with E-state index in [0.29, 0.717) is 35.9 Å². The molecule has 0 radical (unpaired) electrons. The van der Waals surface area contributed by atoms with Crippen molar-refractivity contribution >= 4 is 11.8 Å². The van der Waals surface area contributed by atoms with Crippen LogP contribution in [0, 0.1) is 24.7 Å². The summed E-state index contributed by atoms with van der Waals surface area (Å²) in [5.41, 5.74) is 8.58. The van der Waals surface area contributed by atoms with Crippen LogP contribution in [0.5, 0.6) is 5.88 Å². The molecule has 2 aliphatic rings. The maximum Gasteiger partial charge on any atom is 0.407 e. The largest absolute Gasteiger partial charge is 0.474 e. The van der Waals surface area contributed by atoms with Crippen molar-refractivity contribution in [3.8, 4) is 5.88 Å². The maximum atomic E-state index is 11.8. The van der Waals surface area contributed by atoms with E-state index in [0.717, 1.165) is 31.2 Å². The number of nitrogens with two attached hydrogens (primary N) is 1. The third-order valence-electron chi connectivity index (χ3n) is 6.76. The van der Waals surface area contributed by atoms with E-state index >= 15 is 0 Å². The minimum absolute atomic E-state index is 0.0436. The number of benzene rings is 1. The Hall–Kier alpha value is -2.76. The number of aromatic nitrogens is 1. The Bertz CT molecular complexity index is 889. The molecule has 2 heterocycles. The van der Waals surface area contributed by atoms with Crippen molar-refractivity contribution in [2.75, 3.05) is 12.3 Å². The number of aryl methyl sites for hydroxylation is 1. The average Bonchev–Trinajstić information content (AvgIpc) is 3.52. The molecule has 4 rings (SSSR count). The van der Waals surface area contributed by atoms with Crippen LogP contribution in [-0.2, 0) is 6.42 Å². The summed E-state index contributed by atoms with van der Waals surface area (Å²) in [7, 11) is 0. The molecule has 1 saturated carbocycles. The Morgan fingerprint density at radius 3 is 2.80 bits per heavy atom. The predicted octanol–water partition coefficient (Wildman–Crippen LogP) is 4.38. The number of hydrogen-bond acceptors (Lipinski definition) is 4. The second-order valence-corrected chi connectivity index (χ2v) is 8.88. The third-order valence-corrected chi connectivity index (χ3v) is 6.76. The fraction of sp³-hybridized carbons (Fsp3) is 0.500. The van der Waals surface area contributed by atoms with E-state index in [1.165, 1.54) is 5.56 Å². The highest BCUT2D eigenvalue weighted by molar-refractivity contribution is 5.65. The molecule has 1 saturated heterocycles. The zero-order chi connectivity index (χ0) is 21.3. The van der Waals surface area contributed by atoms with Crippen LogP contribution in [0.15, 0.2) is 42.6 Å². The second kappa shape index (κ2) is 8.54. The fourth-order valence-corrected chi connectivity index (χ4v) is 5.09. The molecule has 0 bridgehead atoms. The summed E-state index contributed by atoms with van der Waals surface area (Å²) in [6, 6.07) is 12.1. The summed E-state index contributed by atoms with van der Waals surface area (Å²) >= 11 is 0. The van der Waals surface area contributed by atoms with Crippen molar-refractivity contribution in [3.05, 3.63) is 53.7 Å². The molecule has 1 aromatic heterocycles. The van der Waals surface area contributed by atoms with Crippen LogP contribution < -0.4 is 10.5 Å². The molecule has 0 spiro atoms. The van der Waals surface area contributed by atoms with E-state index in [9.17, 15) is 9.90 Å². The fourth-order valence-electron chi connectivity index (χ4n) is 5.09. The van der Waals surface area contributed by atoms with E-state index in [1.54, 1.807) is 11.1 Å². The number of nitrogens with zero attached hydrogens (tertiary/aromatic N) is 2. The minimum atomic E-state index is -0.802. The molecule has 1 amide bonds. The van der Waals surface area contributed by atoms with Crippen LogP contribution in [0.3, 0.4) is 0 Å². The summed E-state index contributed by atoms with van der Waals surface area (Å²) in [4.78, 5) is 17.7. The number of carboxylic acid groups (broad SMARTS) is 1. The molecule has 3 N–H and O–H groups in total. The second-order valence-electron chi connectivity index (χ2n) is 8.88. The highest BCUT2D eigenvalue weighted by atomic mass is 16.5. The van der Waals surface area contributed by atoms with Gasteiger partial charge in [-0.2, -0.15) is 0 Å². The number of carbonyl (C=O) groups is 1. The van der Waals surface area contributed by atoms with Gasteiger partial charge in [-0.15, -0.1) is 0 Å². The Kier molecular flexibility index (Phi) is 5.84. The highest BCUT2D eigenvalue weighted by Gasteiger charge is 2.49. The van der Waals surface area contributed by atoms with E-state index in [-0.39, 0.29) is 12.1 Å². The lowest BCUT2D eigenvalue weighted by molar-refractivity contribution is 0.0802. The number of amides is 1. The topological polar surface area (TPSA) is 88.7 Å². The zero-order valence-electron chi connectivity index (χ0n) is 17.7. The summed E-state index contributed by atoms with van der Waals surface area (Å²) in [6.07, 6.45) is 4.71. The lowest BCUT2D eigenvalue weighted by atomic mass is 9.84. The van der Waals surface area contributed by atoms with E-state index in [1.807, 2.05) is 31.2 Å². The van der Waals surface area contributed by atoms with E-state index in [4.69, 9.17) is 10.5 Å². The van der Waals surface area contributed by atoms with E-state index in [2.05, 4.69) is 24.0 Å². The van der Waals surface area contributed by atoms with Gasteiger partial charge in [0, 0.05) is 18.2 Å². The number of likely N-dealkylation sites (tertiary alicyclic amines) is 1. The van der Waals surface area contributed by atoms with Crippen LogP contribution in [-0.4, -0.2) is 39.8 Å². The molecule has 30 heavy (non-hydrogen) atoms. The van der Waals surface area contributed by atoms with Crippen molar-refractivity contribution in [1.29, 1.82) is 0 Å². The zero-order valence-corrected chi connectivity index (χ0v) is 17.7. The Balaban J connectivity index is 1.38. The van der Waals surface area contributed by atoms with Crippen molar-refractivity contribution in [3.63, 3.8) is 0 Å². The van der Waals surface area contributed by atoms with Gasteiger partial charge < -0.3 is 20.5 Å². The number of nitrogen functional groups attached to an aromatic ring is 1. The summed E-state index contributed by atoms with van der Waals surface area (Å²) in [5.74, 6) is 2.31. The normalized spacial score (nSPS) is 26.8. The molecule has 1 aromatic carbocycles. The third kappa shape index (κ3) is 4.53. The first-order chi connectivity index (χ1) is 14.4. The summed E-state index contributed by atoms with van der Waals surface area (Å²) < 4.78 is 6.16. The molecule has 1 aliphatic heterocycles. The van der Waals surface area contributed by atoms with Crippen LogP contribution in [0.4, 0.5) is 10.5 Å². The van der Waals surface area contributed by atoms with Crippen LogP contribution in [0.25, 0.3) is 0 Å². The molecule has 2 fully saturated rings. The van der Waals surface area contributed by atoms with Gasteiger partial charge in [-0.25, -0.2) is 9.78 Å². The van der Waals surface area contributed by atoms with Gasteiger partial charge in [0.2, 0.25) is 5.88 Å². The van der Waals surface area contributed by atoms with Gasteiger partial charge in [0.1, 0.15) is 6.10 Å². The van der Waals surface area contributed by atoms with Gasteiger partial charge in [-0.05, 0) is 68.9 Å². The monoisotopic (exact) mass is 409 g/mol. The van der Waals surface area contributed by atoms with Gasteiger partial charge in [0.05, 0.1) is 11.9 Å².